The summed E-state index contributed by atoms with van der Waals surface area (Å²) in [6.07, 6.45) is 6.91. The smallest absolute Gasteiger partial charge is 0.108 e. The Hall–Kier alpha value is -0.630. The number of nitrogens with zero attached hydrogens (tertiary/aromatic N) is 3. The third-order valence-corrected chi connectivity index (χ3v) is 5.26. The number of likely N-dealkylation sites (tertiary alicyclic amines) is 1. The summed E-state index contributed by atoms with van der Waals surface area (Å²) >= 11 is 0. The van der Waals surface area contributed by atoms with E-state index in [0.29, 0.717) is 12.1 Å². The number of hydrogen-bond acceptors (Lipinski definition) is 4. The maximum absolute atomic E-state index is 9.45. The maximum atomic E-state index is 9.45. The van der Waals surface area contributed by atoms with Crippen LogP contribution in [0.15, 0.2) is 0 Å². The van der Waals surface area contributed by atoms with Gasteiger partial charge in [-0.25, -0.2) is 0 Å². The minimum atomic E-state index is -0.289. The second kappa shape index (κ2) is 6.21. The van der Waals surface area contributed by atoms with Crippen molar-refractivity contribution in [1.82, 2.24) is 15.1 Å². The topological polar surface area (TPSA) is 42.3 Å². The number of rotatable bonds is 3. The van der Waals surface area contributed by atoms with Gasteiger partial charge in [-0.05, 0) is 72.8 Å². The van der Waals surface area contributed by atoms with E-state index in [-0.39, 0.29) is 5.54 Å². The van der Waals surface area contributed by atoms with Crippen molar-refractivity contribution in [3.63, 3.8) is 0 Å². The molecule has 2 fully saturated rings. The molecule has 4 heteroatoms. The van der Waals surface area contributed by atoms with Gasteiger partial charge in [-0.15, -0.1) is 0 Å². The van der Waals surface area contributed by atoms with Crippen LogP contribution < -0.4 is 5.32 Å². The molecule has 1 saturated carbocycles. The van der Waals surface area contributed by atoms with Gasteiger partial charge < -0.3 is 15.1 Å². The molecule has 0 amide bonds. The van der Waals surface area contributed by atoms with Crippen LogP contribution in [0, 0.1) is 11.3 Å². The van der Waals surface area contributed by atoms with Crippen molar-refractivity contribution in [3.05, 3.63) is 0 Å². The van der Waals surface area contributed by atoms with Crippen molar-refractivity contribution in [1.29, 1.82) is 5.26 Å². The molecule has 1 N–H and O–H groups in total. The molecule has 1 heterocycles. The van der Waals surface area contributed by atoms with Gasteiger partial charge >= 0.3 is 0 Å². The molecule has 0 radical (unpaired) electrons. The van der Waals surface area contributed by atoms with Crippen molar-refractivity contribution in [2.24, 2.45) is 0 Å². The van der Waals surface area contributed by atoms with Gasteiger partial charge in [0.15, 0.2) is 0 Å². The standard InChI is InChI=1S/C15H28N4/c1-17-15(12-16)8-4-5-14(11-15)19(3)13-6-9-18(2)10-7-13/h13-14,17H,4-11H2,1-3H3. The maximum Gasteiger partial charge on any atom is 0.108 e. The van der Waals surface area contributed by atoms with Gasteiger partial charge in [0.2, 0.25) is 0 Å². The summed E-state index contributed by atoms with van der Waals surface area (Å²) in [5.41, 5.74) is -0.289. The van der Waals surface area contributed by atoms with Crippen molar-refractivity contribution < 1.29 is 0 Å². The molecule has 1 aliphatic carbocycles. The quantitative estimate of drug-likeness (QED) is 0.837. The number of hydrogen-bond donors (Lipinski definition) is 1. The lowest BCUT2D eigenvalue weighted by Crippen LogP contribution is -2.54. The Labute approximate surface area is 117 Å². The van der Waals surface area contributed by atoms with Gasteiger partial charge in [0.1, 0.15) is 5.54 Å². The van der Waals surface area contributed by atoms with Crippen LogP contribution in [0.2, 0.25) is 0 Å². The van der Waals surface area contributed by atoms with E-state index in [1.54, 1.807) is 0 Å². The van der Waals surface area contributed by atoms with E-state index in [2.05, 4.69) is 35.3 Å². The molecular weight excluding hydrogens is 236 g/mol. The van der Waals surface area contributed by atoms with Gasteiger partial charge in [0, 0.05) is 12.1 Å². The Bertz CT molecular complexity index is 330. The Balaban J connectivity index is 1.95. The lowest BCUT2D eigenvalue weighted by atomic mass is 9.79. The first-order chi connectivity index (χ1) is 9.10. The molecule has 2 unspecified atom stereocenters. The van der Waals surface area contributed by atoms with Crippen LogP contribution in [0.25, 0.3) is 0 Å². The fraction of sp³-hybridized carbons (Fsp3) is 0.933. The summed E-state index contributed by atoms with van der Waals surface area (Å²) < 4.78 is 0. The molecule has 0 aromatic carbocycles. The van der Waals surface area contributed by atoms with Crippen LogP contribution in [-0.4, -0.2) is 61.7 Å². The molecule has 4 nitrogen and oxygen atoms in total. The minimum Gasteiger partial charge on any atom is -0.306 e. The van der Waals surface area contributed by atoms with Crippen molar-refractivity contribution in [2.45, 2.75) is 56.1 Å². The summed E-state index contributed by atoms with van der Waals surface area (Å²) in [6.45, 7) is 2.41. The highest BCUT2D eigenvalue weighted by Crippen LogP contribution is 2.32. The SMILES string of the molecule is CNC1(C#N)CCCC(N(C)C2CCN(C)CC2)C1. The second-order valence-electron chi connectivity index (χ2n) is 6.39. The van der Waals surface area contributed by atoms with E-state index < -0.39 is 0 Å². The van der Waals surface area contributed by atoms with E-state index in [4.69, 9.17) is 0 Å². The lowest BCUT2D eigenvalue weighted by Gasteiger charge is -2.44. The second-order valence-corrected chi connectivity index (χ2v) is 6.39. The molecule has 19 heavy (non-hydrogen) atoms. The van der Waals surface area contributed by atoms with Crippen LogP contribution in [0.3, 0.4) is 0 Å². The first-order valence-corrected chi connectivity index (χ1v) is 7.61. The first kappa shape index (κ1) is 14.8. The Morgan fingerprint density at radius 2 is 1.95 bits per heavy atom. The van der Waals surface area contributed by atoms with Crippen molar-refractivity contribution in [2.75, 3.05) is 34.2 Å². The molecule has 2 rings (SSSR count). The van der Waals surface area contributed by atoms with Crippen LogP contribution in [0.5, 0.6) is 0 Å². The highest BCUT2D eigenvalue weighted by Gasteiger charge is 2.38. The van der Waals surface area contributed by atoms with Gasteiger partial charge in [0.25, 0.3) is 0 Å². The molecular formula is C15H28N4. The summed E-state index contributed by atoms with van der Waals surface area (Å²) in [6, 6.07) is 3.78. The molecule has 0 aromatic heterocycles. The average molecular weight is 264 g/mol. The predicted molar refractivity (Wildman–Crippen MR) is 77.9 cm³/mol. The number of piperidine rings is 1. The molecule has 1 saturated heterocycles. The highest BCUT2D eigenvalue weighted by molar-refractivity contribution is 5.10. The third-order valence-electron chi connectivity index (χ3n) is 5.26. The molecule has 0 aromatic rings. The normalized spacial score (nSPS) is 34.4. The monoisotopic (exact) mass is 264 g/mol. The molecule has 2 atom stereocenters. The number of nitrogens with one attached hydrogen (secondary N) is 1. The van der Waals surface area contributed by atoms with Gasteiger partial charge in [-0.3, -0.25) is 0 Å². The van der Waals surface area contributed by atoms with Crippen LogP contribution in [0.4, 0.5) is 0 Å². The van der Waals surface area contributed by atoms with Crippen molar-refractivity contribution >= 4 is 0 Å². The molecule has 0 spiro atoms. The summed E-state index contributed by atoms with van der Waals surface area (Å²) in [5, 5.41) is 12.7. The Morgan fingerprint density at radius 1 is 1.26 bits per heavy atom. The summed E-state index contributed by atoms with van der Waals surface area (Å²) in [5.74, 6) is 0. The highest BCUT2D eigenvalue weighted by atomic mass is 15.2. The summed E-state index contributed by atoms with van der Waals surface area (Å²) in [4.78, 5) is 4.98. The molecule has 108 valence electrons. The predicted octanol–water partition coefficient (Wildman–Crippen LogP) is 1.44. The van der Waals surface area contributed by atoms with Crippen LogP contribution in [0.1, 0.15) is 38.5 Å². The van der Waals surface area contributed by atoms with Crippen LogP contribution >= 0.6 is 0 Å². The Kier molecular flexibility index (Phi) is 4.83. The van der Waals surface area contributed by atoms with Gasteiger partial charge in [-0.1, -0.05) is 0 Å². The van der Waals surface area contributed by atoms with E-state index >= 15 is 0 Å². The Morgan fingerprint density at radius 3 is 2.53 bits per heavy atom. The van der Waals surface area contributed by atoms with E-state index in [9.17, 15) is 5.26 Å². The van der Waals surface area contributed by atoms with Crippen LogP contribution in [-0.2, 0) is 0 Å². The average Bonchev–Trinajstić information content (AvgIpc) is 2.47. The third kappa shape index (κ3) is 3.28. The first-order valence-electron chi connectivity index (χ1n) is 7.61. The zero-order valence-electron chi connectivity index (χ0n) is 12.7. The zero-order chi connectivity index (χ0) is 13.9. The largest absolute Gasteiger partial charge is 0.306 e. The fourth-order valence-corrected chi connectivity index (χ4v) is 3.68. The lowest BCUT2D eigenvalue weighted by molar-refractivity contribution is 0.0718. The molecule has 1 aliphatic heterocycles. The molecule has 2 aliphatic rings. The van der Waals surface area contributed by atoms with Crippen molar-refractivity contribution in [3.8, 4) is 6.07 Å². The van der Waals surface area contributed by atoms with E-state index in [0.717, 1.165) is 19.3 Å². The zero-order valence-corrected chi connectivity index (χ0v) is 12.7. The van der Waals surface area contributed by atoms with E-state index in [1.165, 1.54) is 32.4 Å². The minimum absolute atomic E-state index is 0.289. The summed E-state index contributed by atoms with van der Waals surface area (Å²) in [7, 11) is 6.41. The molecule has 0 bridgehead atoms. The van der Waals surface area contributed by atoms with Gasteiger partial charge in [0.05, 0.1) is 6.07 Å². The number of nitriles is 1. The van der Waals surface area contributed by atoms with Gasteiger partial charge in [-0.2, -0.15) is 5.26 Å². The fourth-order valence-electron chi connectivity index (χ4n) is 3.68. The van der Waals surface area contributed by atoms with E-state index in [1.807, 2.05) is 7.05 Å².